The monoisotopic (exact) mass is 403 g/mol. The lowest BCUT2D eigenvalue weighted by Crippen LogP contribution is -2.33. The predicted molar refractivity (Wildman–Crippen MR) is 134 cm³/mol. The molecule has 1 nitrogen and oxygen atoms in total. The standard InChI is InChI=1S/C30H29N/c1-4-21-10-14-24(15-11-21)27-20-30(3,25-17-12-22(5-2)13-18-25)31-28-19-16-23-8-6-7-9-26(23)29(27)28/h6-20,31H,4-5H2,1-3H3. The molecule has 5 rings (SSSR count). The van der Waals surface area contributed by atoms with Crippen LogP contribution in [-0.2, 0) is 18.4 Å². The Balaban J connectivity index is 1.74. The first kappa shape index (κ1) is 19.6. The van der Waals surface area contributed by atoms with Crippen LogP contribution in [0.25, 0.3) is 16.3 Å². The lowest BCUT2D eigenvalue weighted by atomic mass is 9.80. The normalized spacial score (nSPS) is 17.7. The number of rotatable bonds is 4. The molecule has 0 bridgehead atoms. The summed E-state index contributed by atoms with van der Waals surface area (Å²) in [6.45, 7) is 6.69. The van der Waals surface area contributed by atoms with Gasteiger partial charge in [-0.25, -0.2) is 0 Å². The van der Waals surface area contributed by atoms with E-state index >= 15 is 0 Å². The molecule has 154 valence electrons. The van der Waals surface area contributed by atoms with E-state index in [4.69, 9.17) is 0 Å². The molecule has 1 heteroatoms. The first-order valence-electron chi connectivity index (χ1n) is 11.3. The van der Waals surface area contributed by atoms with Crippen LogP contribution in [0.2, 0.25) is 0 Å². The Morgan fingerprint density at radius 3 is 2.03 bits per heavy atom. The highest BCUT2D eigenvalue weighted by atomic mass is 15.0. The molecule has 4 aromatic rings. The summed E-state index contributed by atoms with van der Waals surface area (Å²) < 4.78 is 0. The van der Waals surface area contributed by atoms with Crippen molar-refractivity contribution >= 4 is 22.0 Å². The van der Waals surface area contributed by atoms with E-state index in [9.17, 15) is 0 Å². The molecule has 1 heterocycles. The van der Waals surface area contributed by atoms with Gasteiger partial charge in [-0.3, -0.25) is 0 Å². The van der Waals surface area contributed by atoms with Crippen LogP contribution in [0.5, 0.6) is 0 Å². The molecule has 31 heavy (non-hydrogen) atoms. The Morgan fingerprint density at radius 2 is 1.35 bits per heavy atom. The number of hydrogen-bond donors (Lipinski definition) is 1. The fraction of sp³-hybridized carbons (Fsp3) is 0.200. The number of aryl methyl sites for hydroxylation is 2. The molecule has 1 aliphatic heterocycles. The van der Waals surface area contributed by atoms with Gasteiger partial charge in [0.25, 0.3) is 0 Å². The molecule has 1 aliphatic rings. The zero-order valence-electron chi connectivity index (χ0n) is 18.6. The molecule has 1 unspecified atom stereocenters. The molecular weight excluding hydrogens is 374 g/mol. The van der Waals surface area contributed by atoms with Crippen LogP contribution in [0.15, 0.2) is 91.0 Å². The molecule has 0 aromatic heterocycles. The zero-order chi connectivity index (χ0) is 21.4. The van der Waals surface area contributed by atoms with Crippen molar-refractivity contribution in [3.8, 4) is 0 Å². The van der Waals surface area contributed by atoms with Crippen molar-refractivity contribution in [1.29, 1.82) is 0 Å². The van der Waals surface area contributed by atoms with Crippen LogP contribution < -0.4 is 5.32 Å². The third-order valence-corrected chi connectivity index (χ3v) is 6.66. The Bertz CT molecular complexity index is 1260. The third kappa shape index (κ3) is 3.45. The van der Waals surface area contributed by atoms with Gasteiger partial charge in [-0.1, -0.05) is 92.7 Å². The molecule has 0 saturated heterocycles. The molecule has 1 N–H and O–H groups in total. The van der Waals surface area contributed by atoms with E-state index in [0.29, 0.717) is 0 Å². The number of hydrogen-bond acceptors (Lipinski definition) is 1. The van der Waals surface area contributed by atoms with Gasteiger partial charge in [-0.15, -0.1) is 0 Å². The highest BCUT2D eigenvalue weighted by Crippen LogP contribution is 2.44. The van der Waals surface area contributed by atoms with Gasteiger partial charge in [0.15, 0.2) is 0 Å². The number of nitrogens with one attached hydrogen (secondary N) is 1. The van der Waals surface area contributed by atoms with Gasteiger partial charge in [0.05, 0.1) is 5.54 Å². The second kappa shape index (κ2) is 7.74. The summed E-state index contributed by atoms with van der Waals surface area (Å²) >= 11 is 0. The lowest BCUT2D eigenvalue weighted by molar-refractivity contribution is 0.685. The maximum absolute atomic E-state index is 3.87. The second-order valence-corrected chi connectivity index (χ2v) is 8.70. The van der Waals surface area contributed by atoms with Gasteiger partial charge < -0.3 is 5.32 Å². The molecule has 0 saturated carbocycles. The average Bonchev–Trinajstić information content (AvgIpc) is 2.83. The molecule has 0 amide bonds. The summed E-state index contributed by atoms with van der Waals surface area (Å²) in [6.07, 6.45) is 4.54. The molecular formula is C30H29N. The van der Waals surface area contributed by atoms with Crippen molar-refractivity contribution in [1.82, 2.24) is 0 Å². The number of benzene rings is 4. The maximum atomic E-state index is 3.87. The van der Waals surface area contributed by atoms with Crippen molar-refractivity contribution < 1.29 is 0 Å². The van der Waals surface area contributed by atoms with Gasteiger partial charge in [0.2, 0.25) is 0 Å². The van der Waals surface area contributed by atoms with Crippen molar-refractivity contribution in [3.63, 3.8) is 0 Å². The summed E-state index contributed by atoms with van der Waals surface area (Å²) in [5.41, 5.74) is 8.81. The fourth-order valence-corrected chi connectivity index (χ4v) is 4.73. The second-order valence-electron chi connectivity index (χ2n) is 8.70. The van der Waals surface area contributed by atoms with Crippen molar-refractivity contribution in [2.24, 2.45) is 0 Å². The first-order valence-corrected chi connectivity index (χ1v) is 11.3. The molecule has 0 spiro atoms. The number of fused-ring (bicyclic) bond motifs is 3. The minimum Gasteiger partial charge on any atom is -0.372 e. The summed E-state index contributed by atoms with van der Waals surface area (Å²) in [5, 5.41) is 6.43. The highest BCUT2D eigenvalue weighted by Gasteiger charge is 2.31. The van der Waals surface area contributed by atoms with Crippen LogP contribution in [0, 0.1) is 0 Å². The van der Waals surface area contributed by atoms with Crippen LogP contribution in [0.4, 0.5) is 5.69 Å². The van der Waals surface area contributed by atoms with E-state index in [1.54, 1.807) is 0 Å². The highest BCUT2D eigenvalue weighted by molar-refractivity contribution is 6.04. The summed E-state index contributed by atoms with van der Waals surface area (Å²) in [6, 6.07) is 31.3. The topological polar surface area (TPSA) is 12.0 Å². The molecule has 4 aromatic carbocycles. The van der Waals surface area contributed by atoms with Crippen LogP contribution in [-0.4, -0.2) is 0 Å². The number of anilines is 1. The minimum atomic E-state index is -0.277. The summed E-state index contributed by atoms with van der Waals surface area (Å²) in [4.78, 5) is 0. The minimum absolute atomic E-state index is 0.277. The van der Waals surface area contributed by atoms with Crippen molar-refractivity contribution in [3.05, 3.63) is 119 Å². The molecule has 1 atom stereocenters. The predicted octanol–water partition coefficient (Wildman–Crippen LogP) is 7.74. The third-order valence-electron chi connectivity index (χ3n) is 6.66. The van der Waals surface area contributed by atoms with Crippen LogP contribution >= 0.6 is 0 Å². The summed E-state index contributed by atoms with van der Waals surface area (Å²) in [5.74, 6) is 0. The quantitative estimate of drug-likeness (QED) is 0.367. The Morgan fingerprint density at radius 1 is 0.710 bits per heavy atom. The van der Waals surface area contributed by atoms with Gasteiger partial charge in [-0.2, -0.15) is 0 Å². The van der Waals surface area contributed by atoms with Crippen molar-refractivity contribution in [2.75, 3.05) is 5.32 Å². The maximum Gasteiger partial charge on any atom is 0.0790 e. The van der Waals surface area contributed by atoms with E-state index in [1.165, 1.54) is 49.9 Å². The molecule has 0 radical (unpaired) electrons. The SMILES string of the molecule is CCc1ccc(C2=CC(C)(c3ccc(CC)cc3)Nc3ccc4ccccc4c32)cc1. The van der Waals surface area contributed by atoms with E-state index in [1.807, 2.05) is 0 Å². The fourth-order valence-electron chi connectivity index (χ4n) is 4.73. The van der Waals surface area contributed by atoms with E-state index in [-0.39, 0.29) is 5.54 Å². The van der Waals surface area contributed by atoms with Gasteiger partial charge in [0.1, 0.15) is 0 Å². The lowest BCUT2D eigenvalue weighted by Gasteiger charge is -2.37. The van der Waals surface area contributed by atoms with Crippen LogP contribution in [0.1, 0.15) is 48.6 Å². The van der Waals surface area contributed by atoms with Crippen molar-refractivity contribution in [2.45, 2.75) is 39.2 Å². The first-order chi connectivity index (χ1) is 15.1. The zero-order valence-corrected chi connectivity index (χ0v) is 18.6. The van der Waals surface area contributed by atoms with Gasteiger partial charge in [-0.05, 0) is 70.5 Å². The van der Waals surface area contributed by atoms with Crippen LogP contribution in [0.3, 0.4) is 0 Å². The van der Waals surface area contributed by atoms with E-state index in [0.717, 1.165) is 12.8 Å². The smallest absolute Gasteiger partial charge is 0.0790 e. The summed E-state index contributed by atoms with van der Waals surface area (Å²) in [7, 11) is 0. The van der Waals surface area contributed by atoms with Gasteiger partial charge in [0, 0.05) is 11.3 Å². The average molecular weight is 404 g/mol. The Kier molecular flexibility index (Phi) is 4.90. The molecule has 0 aliphatic carbocycles. The van der Waals surface area contributed by atoms with Gasteiger partial charge >= 0.3 is 0 Å². The Labute approximate surface area is 185 Å². The Hall–Kier alpha value is -3.32. The van der Waals surface area contributed by atoms with E-state index in [2.05, 4.69) is 117 Å². The largest absolute Gasteiger partial charge is 0.372 e. The molecule has 0 fully saturated rings. The van der Waals surface area contributed by atoms with E-state index < -0.39 is 0 Å².